The normalized spacial score (nSPS) is 12.7. The van der Waals surface area contributed by atoms with Crippen LogP contribution >= 0.6 is 0 Å². The third-order valence-corrected chi connectivity index (χ3v) is 16.6. The van der Waals surface area contributed by atoms with Gasteiger partial charge in [-0.05, 0) is 83.5 Å². The highest BCUT2D eigenvalue weighted by molar-refractivity contribution is 5.76. The zero-order valence-corrected chi connectivity index (χ0v) is 53.4. The molecule has 2 unspecified atom stereocenters. The number of amides is 1. The molecule has 79 heavy (non-hydrogen) atoms. The molecular weight excluding hydrogens is 971 g/mol. The van der Waals surface area contributed by atoms with Crippen molar-refractivity contribution in [1.82, 2.24) is 5.32 Å². The van der Waals surface area contributed by atoms with Crippen molar-refractivity contribution in [3.63, 3.8) is 0 Å². The highest BCUT2D eigenvalue weighted by Gasteiger charge is 2.18. The summed E-state index contributed by atoms with van der Waals surface area (Å²) in [6, 6.07) is -0.627. The molecule has 0 aromatic rings. The highest BCUT2D eigenvalue weighted by atomic mass is 16.5. The molecule has 2 atom stereocenters. The maximum atomic E-state index is 12.5. The van der Waals surface area contributed by atoms with Crippen LogP contribution < -0.4 is 5.32 Å². The van der Waals surface area contributed by atoms with Crippen molar-refractivity contribution < 1.29 is 24.5 Å². The summed E-state index contributed by atoms with van der Waals surface area (Å²) < 4.78 is 5.50. The van der Waals surface area contributed by atoms with Gasteiger partial charge in [0, 0.05) is 12.8 Å². The third kappa shape index (κ3) is 65.1. The van der Waals surface area contributed by atoms with Crippen molar-refractivity contribution in [2.24, 2.45) is 0 Å². The van der Waals surface area contributed by atoms with Gasteiger partial charge in [0.2, 0.25) is 5.91 Å². The Morgan fingerprint density at radius 3 is 0.899 bits per heavy atom. The van der Waals surface area contributed by atoms with Crippen molar-refractivity contribution in [2.45, 2.75) is 405 Å². The van der Waals surface area contributed by atoms with Crippen LogP contribution in [0, 0.1) is 0 Å². The van der Waals surface area contributed by atoms with Crippen molar-refractivity contribution in [2.75, 3.05) is 13.2 Å². The molecule has 0 aliphatic carbocycles. The number of rotatable bonds is 67. The molecule has 0 aliphatic heterocycles. The van der Waals surface area contributed by atoms with Crippen LogP contribution in [0.25, 0.3) is 0 Å². The second-order valence-corrected chi connectivity index (χ2v) is 24.6. The van der Waals surface area contributed by atoms with Crippen LogP contribution in [-0.2, 0) is 14.3 Å². The fourth-order valence-electron chi connectivity index (χ4n) is 11.2. The van der Waals surface area contributed by atoms with E-state index >= 15 is 0 Å². The number of hydrogen-bond acceptors (Lipinski definition) is 5. The largest absolute Gasteiger partial charge is 0.466 e. The molecular formula is C73H139NO5. The lowest BCUT2D eigenvalue weighted by molar-refractivity contribution is -0.143. The van der Waals surface area contributed by atoms with Crippen LogP contribution in [0.15, 0.2) is 36.5 Å². The zero-order chi connectivity index (χ0) is 57.1. The summed E-state index contributed by atoms with van der Waals surface area (Å²) in [5.74, 6) is -0.0515. The van der Waals surface area contributed by atoms with Crippen molar-refractivity contribution in [3.05, 3.63) is 36.5 Å². The monoisotopic (exact) mass is 1110 g/mol. The summed E-state index contributed by atoms with van der Waals surface area (Å²) in [4.78, 5) is 24.6. The second kappa shape index (κ2) is 68.6. The predicted octanol–water partition coefficient (Wildman–Crippen LogP) is 23.1. The molecule has 0 fully saturated rings. The van der Waals surface area contributed by atoms with Crippen LogP contribution in [0.1, 0.15) is 393 Å². The van der Waals surface area contributed by atoms with E-state index in [-0.39, 0.29) is 18.5 Å². The lowest BCUT2D eigenvalue weighted by atomic mass is 10.0. The van der Waals surface area contributed by atoms with E-state index in [1.54, 1.807) is 6.08 Å². The van der Waals surface area contributed by atoms with Crippen LogP contribution in [0.3, 0.4) is 0 Å². The Labute approximate surface area is 494 Å². The van der Waals surface area contributed by atoms with Crippen LogP contribution in [0.5, 0.6) is 0 Å². The summed E-state index contributed by atoms with van der Waals surface area (Å²) in [5.41, 5.74) is 0. The van der Waals surface area contributed by atoms with Crippen molar-refractivity contribution >= 4 is 11.9 Å². The summed E-state index contributed by atoms with van der Waals surface area (Å²) in [7, 11) is 0. The summed E-state index contributed by atoms with van der Waals surface area (Å²) in [6.45, 7) is 4.93. The maximum absolute atomic E-state index is 12.5. The first-order valence-electron chi connectivity index (χ1n) is 35.8. The lowest BCUT2D eigenvalue weighted by Crippen LogP contribution is -2.45. The fourth-order valence-corrected chi connectivity index (χ4v) is 11.2. The second-order valence-electron chi connectivity index (χ2n) is 24.6. The Morgan fingerprint density at radius 2 is 0.595 bits per heavy atom. The predicted molar refractivity (Wildman–Crippen MR) is 347 cm³/mol. The molecule has 0 aromatic carbocycles. The lowest BCUT2D eigenvalue weighted by Gasteiger charge is -2.20. The number of unbranched alkanes of at least 4 members (excludes halogenated alkanes) is 52. The Balaban J connectivity index is 3.38. The molecule has 0 bridgehead atoms. The molecule has 1 amide bonds. The molecule has 3 N–H and O–H groups in total. The van der Waals surface area contributed by atoms with Gasteiger partial charge in [0.25, 0.3) is 0 Å². The van der Waals surface area contributed by atoms with Crippen molar-refractivity contribution in [3.8, 4) is 0 Å². The average molecular weight is 1110 g/mol. The number of aliphatic hydroxyl groups excluding tert-OH is 2. The molecule has 0 aliphatic rings. The first kappa shape index (κ1) is 77.1. The van der Waals surface area contributed by atoms with Gasteiger partial charge in [0.1, 0.15) is 0 Å². The van der Waals surface area contributed by atoms with Crippen LogP contribution in [-0.4, -0.2) is 47.4 Å². The summed E-state index contributed by atoms with van der Waals surface area (Å²) in [6.07, 6.45) is 88.0. The van der Waals surface area contributed by atoms with Gasteiger partial charge in [-0.25, -0.2) is 0 Å². The molecule has 0 radical (unpaired) electrons. The van der Waals surface area contributed by atoms with Gasteiger partial charge in [-0.2, -0.15) is 0 Å². The van der Waals surface area contributed by atoms with Crippen molar-refractivity contribution in [1.29, 1.82) is 0 Å². The van der Waals surface area contributed by atoms with E-state index in [2.05, 4.69) is 43.5 Å². The number of aliphatic hydroxyl groups is 2. The SMILES string of the molecule is CCCCCCCC/C=C\CCCCCCCCCC(=O)OCCCCCCCCCCCCCC/C=C\CCCCCCCCCCCCCCCC(=O)NC(CO)C(O)/C=C/CCCCCCCCCCCCCCCC. The van der Waals surface area contributed by atoms with Gasteiger partial charge in [0.05, 0.1) is 25.4 Å². The average Bonchev–Trinajstić information content (AvgIpc) is 3.45. The van der Waals surface area contributed by atoms with Gasteiger partial charge in [0.15, 0.2) is 0 Å². The fraction of sp³-hybridized carbons (Fsp3) is 0.890. The van der Waals surface area contributed by atoms with Crippen LogP contribution in [0.2, 0.25) is 0 Å². The number of carbonyl (C=O) groups is 2. The Morgan fingerprint density at radius 1 is 0.342 bits per heavy atom. The smallest absolute Gasteiger partial charge is 0.305 e. The molecule has 0 aromatic heterocycles. The molecule has 6 nitrogen and oxygen atoms in total. The quantitative estimate of drug-likeness (QED) is 0.0320. The minimum Gasteiger partial charge on any atom is -0.466 e. The first-order chi connectivity index (χ1) is 39.0. The number of ether oxygens (including phenoxy) is 1. The Kier molecular flexibility index (Phi) is 66.9. The first-order valence-corrected chi connectivity index (χ1v) is 35.8. The summed E-state index contributed by atoms with van der Waals surface area (Å²) in [5, 5.41) is 23.2. The highest BCUT2D eigenvalue weighted by Crippen LogP contribution is 2.18. The molecule has 466 valence electrons. The van der Waals surface area contributed by atoms with Gasteiger partial charge in [-0.1, -0.05) is 333 Å². The van der Waals surface area contributed by atoms with E-state index < -0.39 is 12.1 Å². The Bertz CT molecular complexity index is 1280. The number of allylic oxidation sites excluding steroid dienone is 5. The number of nitrogens with one attached hydrogen (secondary N) is 1. The summed E-state index contributed by atoms with van der Waals surface area (Å²) >= 11 is 0. The van der Waals surface area contributed by atoms with Gasteiger partial charge >= 0.3 is 5.97 Å². The van der Waals surface area contributed by atoms with Crippen LogP contribution in [0.4, 0.5) is 0 Å². The number of hydrogen-bond donors (Lipinski definition) is 3. The molecule has 0 saturated carbocycles. The Hall–Kier alpha value is -1.92. The molecule has 0 saturated heterocycles. The molecule has 0 heterocycles. The molecule has 0 spiro atoms. The molecule has 0 rings (SSSR count). The maximum Gasteiger partial charge on any atom is 0.305 e. The minimum atomic E-state index is -0.844. The topological polar surface area (TPSA) is 95.9 Å². The van der Waals surface area contributed by atoms with E-state index in [1.807, 2.05) is 6.08 Å². The standard InChI is InChI=1S/C73H139NO5/c1-3-5-7-9-11-13-15-17-19-34-39-43-47-51-55-59-63-67-73(78)79-68-64-60-56-52-48-44-40-36-33-31-29-27-25-23-21-22-24-26-28-30-32-35-38-42-46-50-54-58-62-66-72(77)74-70(69-75)71(76)65-61-57-53-49-45-41-37-20-18-16-14-12-10-8-6-4-2/h17,19,21,23,61,65,70-71,75-76H,3-16,18,20,22,24-60,62-64,66-69H2,1-2H3,(H,74,77)/b19-17-,23-21-,65-61+. The van der Waals surface area contributed by atoms with E-state index in [1.165, 1.54) is 321 Å². The number of carbonyl (C=O) groups excluding carboxylic acids is 2. The third-order valence-electron chi connectivity index (χ3n) is 16.6. The zero-order valence-electron chi connectivity index (χ0n) is 53.4. The van der Waals surface area contributed by atoms with E-state index in [4.69, 9.17) is 4.74 Å². The van der Waals surface area contributed by atoms with Gasteiger partial charge in [-0.15, -0.1) is 0 Å². The van der Waals surface area contributed by atoms with Gasteiger partial charge < -0.3 is 20.3 Å². The van der Waals surface area contributed by atoms with E-state index in [9.17, 15) is 19.8 Å². The minimum absolute atomic E-state index is 0.0133. The van der Waals surface area contributed by atoms with E-state index in [0.717, 1.165) is 44.9 Å². The molecule has 6 heteroatoms. The number of esters is 1. The van der Waals surface area contributed by atoms with Gasteiger partial charge in [-0.3, -0.25) is 9.59 Å². The van der Waals surface area contributed by atoms with E-state index in [0.29, 0.717) is 19.4 Å².